The van der Waals surface area contributed by atoms with Crippen LogP contribution >= 0.6 is 0 Å². The van der Waals surface area contributed by atoms with Crippen molar-refractivity contribution < 1.29 is 9.59 Å². The fraction of sp³-hybridized carbons (Fsp3) is 0.545. The number of hydrogen-bond donors (Lipinski definition) is 0. The maximum absolute atomic E-state index is 13.5. The molecule has 1 aromatic carbocycles. The second-order valence-corrected chi connectivity index (χ2v) is 8.48. The molecule has 2 amide bonds. The number of nitrogens with zero attached hydrogens (tertiary/aromatic N) is 5. The molecule has 3 atom stereocenters. The molecule has 0 radical (unpaired) electrons. The average molecular weight is 393 g/mol. The van der Waals surface area contributed by atoms with Crippen molar-refractivity contribution in [3.8, 4) is 5.69 Å². The quantitative estimate of drug-likeness (QED) is 0.803. The maximum atomic E-state index is 13.5. The first-order valence-corrected chi connectivity index (χ1v) is 10.8. The fourth-order valence-electron chi connectivity index (χ4n) is 5.44. The summed E-state index contributed by atoms with van der Waals surface area (Å²) in [6.07, 6.45) is 9.66. The summed E-state index contributed by atoms with van der Waals surface area (Å²) in [4.78, 5) is 34.9. The molecule has 3 fully saturated rings. The topological polar surface area (TPSA) is 71.3 Å². The molecule has 0 spiro atoms. The van der Waals surface area contributed by atoms with Crippen LogP contribution in [0.2, 0.25) is 0 Å². The van der Waals surface area contributed by atoms with Crippen molar-refractivity contribution in [2.24, 2.45) is 11.8 Å². The third-order valence-electron chi connectivity index (χ3n) is 6.85. The zero-order valence-electron chi connectivity index (χ0n) is 16.6. The molecule has 2 aliphatic heterocycles. The molecule has 0 unspecified atom stereocenters. The van der Waals surface area contributed by atoms with Gasteiger partial charge in [0.2, 0.25) is 5.91 Å². The number of carbonyl (C=O) groups is 2. The van der Waals surface area contributed by atoms with Crippen LogP contribution in [0, 0.1) is 11.8 Å². The van der Waals surface area contributed by atoms with Crippen molar-refractivity contribution in [2.75, 3.05) is 19.6 Å². The van der Waals surface area contributed by atoms with E-state index in [-0.39, 0.29) is 23.8 Å². The maximum Gasteiger partial charge on any atom is 0.256 e. The molecule has 1 aromatic heterocycles. The van der Waals surface area contributed by atoms with E-state index in [1.165, 1.54) is 19.2 Å². The highest BCUT2D eigenvalue weighted by molar-refractivity contribution is 5.99. The Morgan fingerprint density at radius 1 is 1.00 bits per heavy atom. The van der Waals surface area contributed by atoms with Crippen LogP contribution < -0.4 is 0 Å². The van der Waals surface area contributed by atoms with Crippen molar-refractivity contribution in [3.63, 3.8) is 0 Å². The second-order valence-electron chi connectivity index (χ2n) is 8.48. The number of fused-ring (bicyclic) bond motifs is 2. The third-order valence-corrected chi connectivity index (χ3v) is 6.85. The summed E-state index contributed by atoms with van der Waals surface area (Å²) >= 11 is 0. The van der Waals surface area contributed by atoms with Crippen molar-refractivity contribution in [1.82, 2.24) is 24.6 Å². The van der Waals surface area contributed by atoms with E-state index < -0.39 is 0 Å². The minimum Gasteiger partial charge on any atom is -0.342 e. The SMILES string of the molecule is O=C([C@@H]1[C@H]2CC[C@@H]1N(C(=O)c1ccccc1-n1cncn1)C2)N1CCCCCC1. The Morgan fingerprint density at radius 2 is 1.79 bits per heavy atom. The summed E-state index contributed by atoms with van der Waals surface area (Å²) in [5.74, 6) is 0.532. The lowest BCUT2D eigenvalue weighted by Gasteiger charge is -2.29. The Kier molecular flexibility index (Phi) is 4.81. The minimum atomic E-state index is -0.0319. The zero-order chi connectivity index (χ0) is 19.8. The number of benzene rings is 1. The van der Waals surface area contributed by atoms with Gasteiger partial charge in [0.25, 0.3) is 5.91 Å². The minimum absolute atomic E-state index is 0.00281. The van der Waals surface area contributed by atoms with E-state index in [2.05, 4.69) is 15.0 Å². The van der Waals surface area contributed by atoms with E-state index in [1.807, 2.05) is 29.2 Å². The molecular weight excluding hydrogens is 366 g/mol. The van der Waals surface area contributed by atoms with Gasteiger partial charge in [-0.15, -0.1) is 0 Å². The monoisotopic (exact) mass is 393 g/mol. The number of aromatic nitrogens is 3. The Labute approximate surface area is 170 Å². The first-order valence-electron chi connectivity index (χ1n) is 10.8. The van der Waals surface area contributed by atoms with Crippen LogP contribution in [0.1, 0.15) is 48.9 Å². The summed E-state index contributed by atoms with van der Waals surface area (Å²) < 4.78 is 1.63. The lowest BCUT2D eigenvalue weighted by molar-refractivity contribution is -0.136. The van der Waals surface area contributed by atoms with E-state index in [0.29, 0.717) is 18.0 Å². The molecular formula is C22H27N5O2. The fourth-order valence-corrected chi connectivity index (χ4v) is 5.44. The van der Waals surface area contributed by atoms with Crippen LogP contribution in [-0.4, -0.2) is 62.1 Å². The standard InChI is InChI=1S/C22H27N5O2/c28-21(17-7-3-4-8-18(17)27-15-23-14-24-27)26-13-16-9-10-19(26)20(16)22(29)25-11-5-1-2-6-12-25/h3-4,7-8,14-16,19-20H,1-2,5-6,9-13H2/t16-,19-,20+/m0/s1. The highest BCUT2D eigenvalue weighted by Gasteiger charge is 2.53. The third kappa shape index (κ3) is 3.22. The molecule has 1 aliphatic carbocycles. The van der Waals surface area contributed by atoms with Crippen LogP contribution in [-0.2, 0) is 4.79 Å². The van der Waals surface area contributed by atoms with Crippen LogP contribution in [0.5, 0.6) is 0 Å². The lowest BCUT2D eigenvalue weighted by Crippen LogP contribution is -2.43. The van der Waals surface area contributed by atoms with Gasteiger partial charge >= 0.3 is 0 Å². The predicted octanol–water partition coefficient (Wildman–Crippen LogP) is 2.52. The predicted molar refractivity (Wildman–Crippen MR) is 107 cm³/mol. The molecule has 1 saturated carbocycles. The van der Waals surface area contributed by atoms with Gasteiger partial charge in [-0.25, -0.2) is 9.67 Å². The Bertz CT molecular complexity index is 888. The Morgan fingerprint density at radius 3 is 2.55 bits per heavy atom. The molecule has 3 aliphatic rings. The number of hydrogen-bond acceptors (Lipinski definition) is 4. The van der Waals surface area contributed by atoms with Gasteiger partial charge in [0.15, 0.2) is 0 Å². The number of para-hydroxylation sites is 1. The van der Waals surface area contributed by atoms with Crippen molar-refractivity contribution in [3.05, 3.63) is 42.5 Å². The van der Waals surface area contributed by atoms with Crippen LogP contribution in [0.25, 0.3) is 5.69 Å². The van der Waals surface area contributed by atoms with Gasteiger partial charge in [0.05, 0.1) is 17.2 Å². The van der Waals surface area contributed by atoms with Gasteiger partial charge in [-0.2, -0.15) is 5.10 Å². The molecule has 2 aromatic rings. The van der Waals surface area contributed by atoms with Gasteiger partial charge in [-0.1, -0.05) is 25.0 Å². The molecule has 2 bridgehead atoms. The molecule has 152 valence electrons. The summed E-state index contributed by atoms with van der Waals surface area (Å²) in [5.41, 5.74) is 1.35. The lowest BCUT2D eigenvalue weighted by atomic mass is 9.96. The van der Waals surface area contributed by atoms with E-state index in [0.717, 1.165) is 44.5 Å². The Balaban J connectivity index is 1.38. The zero-order valence-corrected chi connectivity index (χ0v) is 16.6. The van der Waals surface area contributed by atoms with E-state index in [4.69, 9.17) is 0 Å². The van der Waals surface area contributed by atoms with Crippen molar-refractivity contribution >= 4 is 11.8 Å². The number of piperidine rings is 1. The second kappa shape index (κ2) is 7.61. The number of carbonyl (C=O) groups excluding carboxylic acids is 2. The summed E-state index contributed by atoms with van der Waals surface area (Å²) in [7, 11) is 0. The molecule has 5 rings (SSSR count). The molecule has 7 nitrogen and oxygen atoms in total. The van der Waals surface area contributed by atoms with Gasteiger partial charge in [0.1, 0.15) is 12.7 Å². The van der Waals surface area contributed by atoms with Crippen LogP contribution in [0.4, 0.5) is 0 Å². The first kappa shape index (κ1) is 18.3. The summed E-state index contributed by atoms with van der Waals surface area (Å²) in [5, 5.41) is 4.19. The van der Waals surface area contributed by atoms with E-state index in [9.17, 15) is 9.59 Å². The van der Waals surface area contributed by atoms with Crippen molar-refractivity contribution in [2.45, 2.75) is 44.6 Å². The Hall–Kier alpha value is -2.70. The van der Waals surface area contributed by atoms with E-state index >= 15 is 0 Å². The number of amides is 2. The summed E-state index contributed by atoms with van der Waals surface area (Å²) in [6.45, 7) is 2.43. The van der Waals surface area contributed by atoms with Crippen LogP contribution in [0.3, 0.4) is 0 Å². The number of rotatable bonds is 3. The highest BCUT2D eigenvalue weighted by Crippen LogP contribution is 2.44. The largest absolute Gasteiger partial charge is 0.342 e. The van der Waals surface area contributed by atoms with Gasteiger partial charge in [-0.05, 0) is 43.7 Å². The van der Waals surface area contributed by atoms with Gasteiger partial charge in [0, 0.05) is 25.7 Å². The molecule has 0 N–H and O–H groups in total. The smallest absolute Gasteiger partial charge is 0.256 e. The normalized spacial score (nSPS) is 26.6. The van der Waals surface area contributed by atoms with Gasteiger partial charge < -0.3 is 9.80 Å². The van der Waals surface area contributed by atoms with E-state index in [1.54, 1.807) is 11.0 Å². The molecule has 2 saturated heterocycles. The summed E-state index contributed by atoms with van der Waals surface area (Å²) in [6, 6.07) is 7.52. The highest BCUT2D eigenvalue weighted by atomic mass is 16.2. The molecule has 29 heavy (non-hydrogen) atoms. The average Bonchev–Trinajstić information content (AvgIpc) is 3.45. The molecule has 3 heterocycles. The molecule has 7 heteroatoms. The van der Waals surface area contributed by atoms with Crippen molar-refractivity contribution in [1.29, 1.82) is 0 Å². The first-order chi connectivity index (χ1) is 14.2. The van der Waals surface area contributed by atoms with Crippen LogP contribution in [0.15, 0.2) is 36.9 Å². The van der Waals surface area contributed by atoms with Gasteiger partial charge in [-0.3, -0.25) is 9.59 Å². The number of likely N-dealkylation sites (tertiary alicyclic amines) is 2.